The van der Waals surface area contributed by atoms with Gasteiger partial charge in [-0.1, -0.05) is 66.2 Å². The molecule has 0 atom stereocenters. The quantitative estimate of drug-likeness (QED) is 0.427. The third-order valence-electron chi connectivity index (χ3n) is 3.15. The number of halogens is 1. The first-order valence-electron chi connectivity index (χ1n) is 6.50. The lowest BCUT2D eigenvalue weighted by Crippen LogP contribution is -1.62. The Bertz CT molecular complexity index is 768. The van der Waals surface area contributed by atoms with E-state index in [0.29, 0.717) is 0 Å². The highest BCUT2D eigenvalue weighted by Crippen LogP contribution is 2.24. The molecule has 1 nitrogen and oxygen atoms in total. The minimum Gasteiger partial charge on any atom is -0.355 e. The Morgan fingerprint density at radius 2 is 1.00 bits per heavy atom. The molecule has 4 rings (SSSR count). The highest BCUT2D eigenvalue weighted by Gasteiger charge is 2.00. The molecule has 0 saturated carbocycles. The summed E-state index contributed by atoms with van der Waals surface area (Å²) < 4.78 is 0. The van der Waals surface area contributed by atoms with Crippen LogP contribution in [0.5, 0.6) is 0 Å². The van der Waals surface area contributed by atoms with Crippen molar-refractivity contribution in [1.82, 2.24) is 4.98 Å². The van der Waals surface area contributed by atoms with Crippen molar-refractivity contribution in [1.29, 1.82) is 0 Å². The van der Waals surface area contributed by atoms with E-state index in [1.165, 1.54) is 21.8 Å². The molecule has 1 aromatic heterocycles. The van der Waals surface area contributed by atoms with Gasteiger partial charge in [-0.05, 0) is 24.3 Å². The maximum atomic E-state index is 5.54. The van der Waals surface area contributed by atoms with Gasteiger partial charge in [-0.15, -0.1) is 0 Å². The fourth-order valence-electron chi connectivity index (χ4n) is 2.21. The highest BCUT2D eigenvalue weighted by atomic mass is 35.5. The summed E-state index contributed by atoms with van der Waals surface area (Å²) >= 11 is 5.54. The summed E-state index contributed by atoms with van der Waals surface area (Å²) in [6.45, 7) is 0. The Kier molecular flexibility index (Phi) is 3.71. The number of hydrogen-bond acceptors (Lipinski definition) is 0. The first-order chi connectivity index (χ1) is 9.84. The molecule has 0 radical (unpaired) electrons. The lowest BCUT2D eigenvalue weighted by atomic mass is 10.2. The third-order valence-corrected chi connectivity index (χ3v) is 3.40. The summed E-state index contributed by atoms with van der Waals surface area (Å²) in [5, 5.41) is 3.40. The van der Waals surface area contributed by atoms with Crippen LogP contribution in [-0.4, -0.2) is 4.98 Å². The van der Waals surface area contributed by atoms with Gasteiger partial charge in [-0.25, -0.2) is 0 Å². The van der Waals surface area contributed by atoms with Gasteiger partial charge in [0.15, 0.2) is 0 Å². The van der Waals surface area contributed by atoms with Crippen LogP contribution < -0.4 is 0 Å². The maximum Gasteiger partial charge on any atom is 0.0464 e. The maximum absolute atomic E-state index is 5.54. The van der Waals surface area contributed by atoms with Crippen LogP contribution in [0, 0.1) is 0 Å². The number of para-hydroxylation sites is 2. The van der Waals surface area contributed by atoms with Crippen LogP contribution in [0.15, 0.2) is 78.9 Å². The van der Waals surface area contributed by atoms with Crippen molar-refractivity contribution in [2.24, 2.45) is 0 Å². The molecule has 0 spiro atoms. The molecule has 0 aliphatic heterocycles. The van der Waals surface area contributed by atoms with Crippen molar-refractivity contribution in [3.05, 3.63) is 83.9 Å². The molecule has 3 aromatic carbocycles. The summed E-state index contributed by atoms with van der Waals surface area (Å²) in [6.07, 6.45) is 0. The second kappa shape index (κ2) is 5.81. The Morgan fingerprint density at radius 1 is 0.550 bits per heavy atom. The van der Waals surface area contributed by atoms with E-state index in [1.807, 2.05) is 30.3 Å². The number of fused-ring (bicyclic) bond motifs is 3. The van der Waals surface area contributed by atoms with Crippen molar-refractivity contribution < 1.29 is 0 Å². The van der Waals surface area contributed by atoms with Gasteiger partial charge < -0.3 is 4.98 Å². The smallest absolute Gasteiger partial charge is 0.0464 e. The van der Waals surface area contributed by atoms with Gasteiger partial charge >= 0.3 is 0 Å². The Hall–Kier alpha value is -2.25. The van der Waals surface area contributed by atoms with E-state index < -0.39 is 0 Å². The van der Waals surface area contributed by atoms with Crippen molar-refractivity contribution in [3.63, 3.8) is 0 Å². The minimum absolute atomic E-state index is 0.794. The van der Waals surface area contributed by atoms with Crippen LogP contribution in [0.1, 0.15) is 0 Å². The SMILES string of the molecule is Clc1ccccc1.c1ccc2c(c1)[nH]c1ccccc12. The van der Waals surface area contributed by atoms with Gasteiger partial charge in [0.2, 0.25) is 0 Å². The zero-order valence-corrected chi connectivity index (χ0v) is 11.6. The molecule has 0 unspecified atom stereocenters. The molecule has 0 aliphatic rings. The summed E-state index contributed by atoms with van der Waals surface area (Å²) in [5.41, 5.74) is 2.42. The van der Waals surface area contributed by atoms with Crippen molar-refractivity contribution in [3.8, 4) is 0 Å². The summed E-state index contributed by atoms with van der Waals surface area (Å²) in [6, 6.07) is 26.2. The summed E-state index contributed by atoms with van der Waals surface area (Å²) in [4.78, 5) is 3.38. The van der Waals surface area contributed by atoms with E-state index in [4.69, 9.17) is 11.6 Å². The standard InChI is InChI=1S/C12H9N.C6H5Cl/c1-3-7-11-9(5-1)10-6-2-4-8-12(10)13-11;7-6-4-2-1-3-5-6/h1-8,13H;1-5H. The van der Waals surface area contributed by atoms with E-state index in [9.17, 15) is 0 Å². The Morgan fingerprint density at radius 3 is 1.45 bits per heavy atom. The van der Waals surface area contributed by atoms with E-state index in [0.717, 1.165) is 5.02 Å². The number of benzene rings is 3. The fourth-order valence-corrected chi connectivity index (χ4v) is 2.36. The van der Waals surface area contributed by atoms with Gasteiger partial charge in [0.1, 0.15) is 0 Å². The van der Waals surface area contributed by atoms with Gasteiger partial charge in [0.05, 0.1) is 0 Å². The van der Waals surface area contributed by atoms with Crippen LogP contribution in [0.2, 0.25) is 5.02 Å². The molecule has 1 heterocycles. The molecule has 0 amide bonds. The average Bonchev–Trinajstić information content (AvgIpc) is 2.87. The molecule has 0 aliphatic carbocycles. The molecular weight excluding hydrogens is 266 g/mol. The van der Waals surface area contributed by atoms with E-state index in [-0.39, 0.29) is 0 Å². The molecule has 0 bridgehead atoms. The molecule has 0 saturated heterocycles. The Balaban J connectivity index is 0.000000147. The van der Waals surface area contributed by atoms with Crippen LogP contribution in [0.4, 0.5) is 0 Å². The highest BCUT2D eigenvalue weighted by molar-refractivity contribution is 6.30. The first kappa shape index (κ1) is 12.8. The van der Waals surface area contributed by atoms with E-state index in [1.54, 1.807) is 0 Å². The average molecular weight is 280 g/mol. The first-order valence-corrected chi connectivity index (χ1v) is 6.88. The monoisotopic (exact) mass is 279 g/mol. The summed E-state index contributed by atoms with van der Waals surface area (Å²) in [7, 11) is 0. The molecule has 0 fully saturated rings. The second-order valence-electron chi connectivity index (χ2n) is 4.51. The van der Waals surface area contributed by atoms with Crippen LogP contribution in [-0.2, 0) is 0 Å². The predicted molar refractivity (Wildman–Crippen MR) is 87.3 cm³/mol. The number of aromatic nitrogens is 1. The lowest BCUT2D eigenvalue weighted by molar-refractivity contribution is 1.55. The lowest BCUT2D eigenvalue weighted by Gasteiger charge is -1.87. The number of H-pyrrole nitrogens is 1. The molecule has 4 aromatic rings. The third kappa shape index (κ3) is 2.68. The van der Waals surface area contributed by atoms with Gasteiger partial charge in [-0.3, -0.25) is 0 Å². The van der Waals surface area contributed by atoms with Crippen LogP contribution in [0.25, 0.3) is 21.8 Å². The van der Waals surface area contributed by atoms with Crippen molar-refractivity contribution >= 4 is 33.4 Å². The Labute approximate surface area is 122 Å². The van der Waals surface area contributed by atoms with Crippen LogP contribution >= 0.6 is 11.6 Å². The molecule has 2 heteroatoms. The molecule has 20 heavy (non-hydrogen) atoms. The zero-order valence-electron chi connectivity index (χ0n) is 10.9. The number of nitrogens with one attached hydrogen (secondary N) is 1. The molecular formula is C18H14ClN. The van der Waals surface area contributed by atoms with E-state index >= 15 is 0 Å². The normalized spacial score (nSPS) is 10.2. The predicted octanol–water partition coefficient (Wildman–Crippen LogP) is 5.66. The topological polar surface area (TPSA) is 15.8 Å². The van der Waals surface area contributed by atoms with E-state index in [2.05, 4.69) is 53.5 Å². The fraction of sp³-hybridized carbons (Fsp3) is 0. The van der Waals surface area contributed by atoms with Crippen molar-refractivity contribution in [2.45, 2.75) is 0 Å². The van der Waals surface area contributed by atoms with Crippen molar-refractivity contribution in [2.75, 3.05) is 0 Å². The molecule has 1 N–H and O–H groups in total. The second-order valence-corrected chi connectivity index (χ2v) is 4.95. The largest absolute Gasteiger partial charge is 0.355 e. The zero-order chi connectivity index (χ0) is 13.8. The van der Waals surface area contributed by atoms with Crippen LogP contribution in [0.3, 0.4) is 0 Å². The van der Waals surface area contributed by atoms with Gasteiger partial charge in [0, 0.05) is 26.8 Å². The van der Waals surface area contributed by atoms with Gasteiger partial charge in [0.25, 0.3) is 0 Å². The van der Waals surface area contributed by atoms with Gasteiger partial charge in [-0.2, -0.15) is 0 Å². The number of aromatic amines is 1. The number of rotatable bonds is 0. The summed E-state index contributed by atoms with van der Waals surface area (Å²) in [5.74, 6) is 0. The molecule has 98 valence electrons. The number of hydrogen-bond donors (Lipinski definition) is 1. The minimum atomic E-state index is 0.794.